The molecule has 1 atom stereocenters. The van der Waals surface area contributed by atoms with E-state index in [4.69, 9.17) is 4.74 Å². The molecule has 0 spiro atoms. The highest BCUT2D eigenvalue weighted by molar-refractivity contribution is 8.18. The summed E-state index contributed by atoms with van der Waals surface area (Å²) in [6, 6.07) is 6.18. The third kappa shape index (κ3) is 2.99. The highest BCUT2D eigenvalue weighted by Gasteiger charge is 2.41. The molecule has 1 heterocycles. The van der Waals surface area contributed by atoms with Crippen molar-refractivity contribution in [3.05, 3.63) is 34.7 Å². The minimum absolute atomic E-state index is 0.241. The van der Waals surface area contributed by atoms with E-state index >= 15 is 0 Å². The first-order chi connectivity index (χ1) is 10.5. The van der Waals surface area contributed by atoms with Crippen molar-refractivity contribution in [2.75, 3.05) is 14.2 Å². The SMILES string of the molecule is COC(=O)C(C)N1C(=O)S/C(=C\c2ccccc2OC)C1=O. The molecule has 116 valence electrons. The Morgan fingerprint density at radius 3 is 2.59 bits per heavy atom. The number of hydrogen-bond donors (Lipinski definition) is 0. The first-order valence-corrected chi connectivity index (χ1v) is 7.29. The van der Waals surface area contributed by atoms with Crippen LogP contribution in [0.3, 0.4) is 0 Å². The van der Waals surface area contributed by atoms with E-state index in [-0.39, 0.29) is 4.91 Å². The molecule has 1 saturated heterocycles. The Labute approximate surface area is 132 Å². The topological polar surface area (TPSA) is 72.9 Å². The zero-order chi connectivity index (χ0) is 16.3. The average molecular weight is 321 g/mol. The molecule has 0 bridgehead atoms. The van der Waals surface area contributed by atoms with Crippen molar-refractivity contribution in [2.45, 2.75) is 13.0 Å². The molecule has 7 heteroatoms. The van der Waals surface area contributed by atoms with Crippen LogP contribution in [0.5, 0.6) is 5.75 Å². The Morgan fingerprint density at radius 2 is 1.95 bits per heavy atom. The van der Waals surface area contributed by atoms with Crippen molar-refractivity contribution in [3.8, 4) is 5.75 Å². The van der Waals surface area contributed by atoms with Crippen LogP contribution in [-0.2, 0) is 14.3 Å². The molecule has 0 aromatic heterocycles. The van der Waals surface area contributed by atoms with Crippen LogP contribution in [0, 0.1) is 0 Å². The van der Waals surface area contributed by atoms with E-state index in [9.17, 15) is 14.4 Å². The molecular weight excluding hydrogens is 306 g/mol. The number of imide groups is 1. The lowest BCUT2D eigenvalue weighted by Crippen LogP contribution is -2.42. The molecule has 1 fully saturated rings. The van der Waals surface area contributed by atoms with Crippen molar-refractivity contribution >= 4 is 35.0 Å². The fourth-order valence-corrected chi connectivity index (χ4v) is 2.92. The molecule has 1 unspecified atom stereocenters. The van der Waals surface area contributed by atoms with Crippen LogP contribution < -0.4 is 4.74 Å². The molecule has 1 aliphatic heterocycles. The maximum atomic E-state index is 12.3. The number of nitrogens with zero attached hydrogens (tertiary/aromatic N) is 1. The Hall–Kier alpha value is -2.28. The number of thioether (sulfide) groups is 1. The van der Waals surface area contributed by atoms with Gasteiger partial charge in [-0.1, -0.05) is 18.2 Å². The van der Waals surface area contributed by atoms with Gasteiger partial charge in [0, 0.05) is 5.56 Å². The zero-order valence-electron chi connectivity index (χ0n) is 12.4. The molecule has 0 saturated carbocycles. The Kier molecular flexibility index (Phi) is 4.87. The van der Waals surface area contributed by atoms with Gasteiger partial charge in [-0.25, -0.2) is 4.79 Å². The van der Waals surface area contributed by atoms with E-state index in [1.165, 1.54) is 21.1 Å². The van der Waals surface area contributed by atoms with E-state index in [1.54, 1.807) is 30.3 Å². The zero-order valence-corrected chi connectivity index (χ0v) is 13.2. The Balaban J connectivity index is 2.32. The van der Waals surface area contributed by atoms with Gasteiger partial charge in [-0.3, -0.25) is 14.5 Å². The number of benzene rings is 1. The van der Waals surface area contributed by atoms with Gasteiger partial charge >= 0.3 is 5.97 Å². The summed E-state index contributed by atoms with van der Waals surface area (Å²) in [5.74, 6) is -0.560. The van der Waals surface area contributed by atoms with E-state index < -0.39 is 23.2 Å². The van der Waals surface area contributed by atoms with Crippen molar-refractivity contribution in [1.29, 1.82) is 0 Å². The van der Waals surface area contributed by atoms with Crippen LogP contribution in [-0.4, -0.2) is 42.3 Å². The number of rotatable bonds is 4. The van der Waals surface area contributed by atoms with Gasteiger partial charge in [0.05, 0.1) is 19.1 Å². The molecule has 0 N–H and O–H groups in total. The molecule has 0 aliphatic carbocycles. The molecule has 6 nitrogen and oxygen atoms in total. The van der Waals surface area contributed by atoms with Crippen molar-refractivity contribution in [2.24, 2.45) is 0 Å². The van der Waals surface area contributed by atoms with Crippen molar-refractivity contribution < 1.29 is 23.9 Å². The highest BCUT2D eigenvalue weighted by atomic mass is 32.2. The van der Waals surface area contributed by atoms with Crippen LogP contribution in [0.1, 0.15) is 12.5 Å². The number of para-hydroxylation sites is 1. The second-order valence-electron chi connectivity index (χ2n) is 4.49. The van der Waals surface area contributed by atoms with Crippen LogP contribution in [0.25, 0.3) is 6.08 Å². The van der Waals surface area contributed by atoms with Gasteiger partial charge < -0.3 is 9.47 Å². The Bertz CT molecular complexity index is 655. The molecule has 1 aromatic rings. The third-order valence-electron chi connectivity index (χ3n) is 3.18. The second-order valence-corrected chi connectivity index (χ2v) is 5.49. The monoisotopic (exact) mass is 321 g/mol. The minimum Gasteiger partial charge on any atom is -0.496 e. The van der Waals surface area contributed by atoms with Gasteiger partial charge in [0.1, 0.15) is 11.8 Å². The van der Waals surface area contributed by atoms with Crippen LogP contribution in [0.2, 0.25) is 0 Å². The summed E-state index contributed by atoms with van der Waals surface area (Å²) in [5, 5.41) is -0.496. The summed E-state index contributed by atoms with van der Waals surface area (Å²) in [6.07, 6.45) is 1.58. The van der Waals surface area contributed by atoms with Crippen LogP contribution in [0.15, 0.2) is 29.2 Å². The fraction of sp³-hybridized carbons (Fsp3) is 0.267. The second kappa shape index (κ2) is 6.65. The number of amides is 2. The quantitative estimate of drug-likeness (QED) is 0.626. The first kappa shape index (κ1) is 16.1. The summed E-state index contributed by atoms with van der Waals surface area (Å²) in [6.45, 7) is 1.45. The highest BCUT2D eigenvalue weighted by Crippen LogP contribution is 2.35. The fourth-order valence-electron chi connectivity index (χ4n) is 2.02. The standard InChI is InChI=1S/C15H15NO5S/c1-9(14(18)21-3)16-13(17)12(22-15(16)19)8-10-6-4-5-7-11(10)20-2/h4-9H,1-3H3/b12-8-. The van der Waals surface area contributed by atoms with Gasteiger partial charge in [0.15, 0.2) is 0 Å². The van der Waals surface area contributed by atoms with E-state index in [0.29, 0.717) is 11.3 Å². The summed E-state index contributed by atoms with van der Waals surface area (Å²) in [7, 11) is 2.74. The number of ether oxygens (including phenoxy) is 2. The lowest BCUT2D eigenvalue weighted by Gasteiger charge is -2.18. The minimum atomic E-state index is -0.957. The number of carbonyl (C=O) groups is 3. The summed E-state index contributed by atoms with van der Waals surface area (Å²) in [5.41, 5.74) is 0.682. The third-order valence-corrected chi connectivity index (χ3v) is 4.06. The van der Waals surface area contributed by atoms with Gasteiger partial charge in [0.2, 0.25) is 0 Å². The van der Waals surface area contributed by atoms with Crippen LogP contribution >= 0.6 is 11.8 Å². The number of esters is 1. The Morgan fingerprint density at radius 1 is 1.27 bits per heavy atom. The van der Waals surface area contributed by atoms with Gasteiger partial charge in [0.25, 0.3) is 11.1 Å². The molecule has 0 radical (unpaired) electrons. The molecule has 2 rings (SSSR count). The number of methoxy groups -OCH3 is 2. The number of hydrogen-bond acceptors (Lipinski definition) is 6. The molecule has 2 amide bonds. The van der Waals surface area contributed by atoms with Gasteiger partial charge in [-0.15, -0.1) is 0 Å². The normalized spacial score (nSPS) is 17.8. The average Bonchev–Trinajstić information content (AvgIpc) is 2.80. The summed E-state index contributed by atoms with van der Waals surface area (Å²) >= 11 is 0.787. The lowest BCUT2D eigenvalue weighted by molar-refractivity contribution is -0.148. The summed E-state index contributed by atoms with van der Waals surface area (Å²) < 4.78 is 9.79. The van der Waals surface area contributed by atoms with Crippen molar-refractivity contribution in [3.63, 3.8) is 0 Å². The predicted molar refractivity (Wildman–Crippen MR) is 82.3 cm³/mol. The van der Waals surface area contributed by atoms with E-state index in [0.717, 1.165) is 16.7 Å². The van der Waals surface area contributed by atoms with E-state index in [1.807, 2.05) is 0 Å². The van der Waals surface area contributed by atoms with Gasteiger partial charge in [-0.2, -0.15) is 0 Å². The maximum absolute atomic E-state index is 12.3. The molecule has 1 aliphatic rings. The van der Waals surface area contributed by atoms with Crippen LogP contribution in [0.4, 0.5) is 4.79 Å². The molecule has 1 aromatic carbocycles. The predicted octanol–water partition coefficient (Wildman–Crippen LogP) is 2.29. The maximum Gasteiger partial charge on any atom is 0.328 e. The largest absolute Gasteiger partial charge is 0.496 e. The number of carbonyl (C=O) groups excluding carboxylic acids is 3. The van der Waals surface area contributed by atoms with Crippen molar-refractivity contribution in [1.82, 2.24) is 4.90 Å². The molecule has 22 heavy (non-hydrogen) atoms. The lowest BCUT2D eigenvalue weighted by atomic mass is 10.2. The van der Waals surface area contributed by atoms with E-state index in [2.05, 4.69) is 4.74 Å². The summed E-state index contributed by atoms with van der Waals surface area (Å²) in [4.78, 5) is 37.0. The van der Waals surface area contributed by atoms with Gasteiger partial charge in [-0.05, 0) is 30.8 Å². The smallest absolute Gasteiger partial charge is 0.328 e. The molecular formula is C15H15NO5S. The first-order valence-electron chi connectivity index (χ1n) is 6.47.